The van der Waals surface area contributed by atoms with Crippen LogP contribution >= 0.6 is 0 Å². The van der Waals surface area contributed by atoms with Crippen molar-refractivity contribution in [3.05, 3.63) is 35.4 Å². The lowest BCUT2D eigenvalue weighted by Crippen LogP contribution is -2.50. The molecule has 7 heteroatoms. The number of carboxylic acid groups (broad SMARTS) is 1. The first-order chi connectivity index (χ1) is 10.5. The largest absolute Gasteiger partial charge is 0.465 e. The number of carbonyl (C=O) groups is 2. The Morgan fingerprint density at radius 1 is 1.32 bits per heavy atom. The van der Waals surface area contributed by atoms with Crippen LogP contribution in [0.5, 0.6) is 0 Å². The Labute approximate surface area is 126 Å². The zero-order chi connectivity index (χ0) is 15.7. The lowest BCUT2D eigenvalue weighted by atomic mass is 9.88. The Bertz CT molecular complexity index is 694. The van der Waals surface area contributed by atoms with E-state index in [9.17, 15) is 9.59 Å². The van der Waals surface area contributed by atoms with E-state index in [0.717, 1.165) is 5.56 Å². The molecule has 112 valence electrons. The van der Waals surface area contributed by atoms with E-state index in [1.165, 1.54) is 4.90 Å². The second-order valence-electron chi connectivity index (χ2n) is 5.40. The Balaban J connectivity index is 1.82. The molecule has 0 radical (unpaired) electrons. The summed E-state index contributed by atoms with van der Waals surface area (Å²) in [5, 5.41) is 20.6. The maximum Gasteiger partial charge on any atom is 0.407 e. The zero-order valence-corrected chi connectivity index (χ0v) is 11.7. The summed E-state index contributed by atoms with van der Waals surface area (Å²) in [7, 11) is 0. The first-order valence-electron chi connectivity index (χ1n) is 6.94. The van der Waals surface area contributed by atoms with Crippen LogP contribution in [-0.2, 0) is 4.79 Å². The molecule has 0 unspecified atom stereocenters. The second-order valence-corrected chi connectivity index (χ2v) is 5.40. The highest BCUT2D eigenvalue weighted by Crippen LogP contribution is 2.31. The monoisotopic (exact) mass is 298 g/mol. The number of piperidine rings is 1. The number of aliphatic imine (C=N–C) groups is 1. The van der Waals surface area contributed by atoms with E-state index < -0.39 is 11.6 Å². The molecular weight excluding hydrogens is 284 g/mol. The highest BCUT2D eigenvalue weighted by Gasteiger charge is 2.46. The van der Waals surface area contributed by atoms with Crippen molar-refractivity contribution in [3.63, 3.8) is 0 Å². The van der Waals surface area contributed by atoms with Gasteiger partial charge < -0.3 is 15.3 Å². The van der Waals surface area contributed by atoms with Crippen molar-refractivity contribution in [2.75, 3.05) is 13.1 Å². The van der Waals surface area contributed by atoms with Gasteiger partial charge in [0.05, 0.1) is 11.6 Å². The molecule has 1 aromatic carbocycles. The molecular formula is C15H14N4O3. The number of nitrogens with one attached hydrogen (secondary N) is 1. The molecule has 2 aliphatic rings. The van der Waals surface area contributed by atoms with Crippen molar-refractivity contribution in [2.45, 2.75) is 18.4 Å². The van der Waals surface area contributed by atoms with Crippen LogP contribution in [0.1, 0.15) is 24.0 Å². The molecule has 3 rings (SSSR count). The third kappa shape index (κ3) is 2.29. The topological polar surface area (TPSA) is 106 Å². The summed E-state index contributed by atoms with van der Waals surface area (Å²) < 4.78 is 0. The minimum Gasteiger partial charge on any atom is -0.465 e. The van der Waals surface area contributed by atoms with Crippen LogP contribution in [0.2, 0.25) is 0 Å². The first-order valence-corrected chi connectivity index (χ1v) is 6.94. The lowest BCUT2D eigenvalue weighted by molar-refractivity contribution is -0.125. The summed E-state index contributed by atoms with van der Waals surface area (Å²) in [5.74, 6) is 0.301. The second kappa shape index (κ2) is 5.15. The summed E-state index contributed by atoms with van der Waals surface area (Å²) in [6.45, 7) is 0.597. The van der Waals surface area contributed by atoms with E-state index in [1.807, 2.05) is 6.07 Å². The molecule has 2 heterocycles. The minimum atomic E-state index is -0.968. The Hall–Kier alpha value is -2.88. The Kier molecular flexibility index (Phi) is 3.29. The number of rotatable bonds is 1. The molecule has 0 aromatic heterocycles. The number of hydrogen-bond donors (Lipinski definition) is 2. The van der Waals surface area contributed by atoms with Gasteiger partial charge in [-0.25, -0.2) is 4.79 Å². The SMILES string of the molecule is N#Cc1ccc(C2=NC3(CCN(C(=O)O)CC3)C(=O)N2)cc1. The quantitative estimate of drug-likeness (QED) is 0.805. The van der Waals surface area contributed by atoms with Gasteiger partial charge in [-0.2, -0.15) is 5.26 Å². The van der Waals surface area contributed by atoms with E-state index in [-0.39, 0.29) is 5.91 Å². The number of hydrogen-bond acceptors (Lipinski definition) is 4. The average Bonchev–Trinajstić information content (AvgIpc) is 2.84. The molecule has 7 nitrogen and oxygen atoms in total. The molecule has 1 spiro atoms. The number of nitriles is 1. The molecule has 0 bridgehead atoms. The highest BCUT2D eigenvalue weighted by molar-refractivity contribution is 6.15. The number of nitrogens with zero attached hydrogens (tertiary/aromatic N) is 3. The predicted molar refractivity (Wildman–Crippen MR) is 77.4 cm³/mol. The average molecular weight is 298 g/mol. The smallest absolute Gasteiger partial charge is 0.407 e. The van der Waals surface area contributed by atoms with Gasteiger partial charge in [0.2, 0.25) is 0 Å². The standard InChI is InChI=1S/C15H14N4O3/c16-9-10-1-3-11(4-2-10)12-17-13(20)15(18-12)5-7-19(8-6-15)14(21)22/h1-4H,5-8H2,(H,21,22)(H,17,18,20). The third-order valence-electron chi connectivity index (χ3n) is 4.13. The molecule has 1 fully saturated rings. The van der Waals surface area contributed by atoms with Crippen LogP contribution in [0, 0.1) is 11.3 Å². The van der Waals surface area contributed by atoms with Crippen molar-refractivity contribution >= 4 is 17.8 Å². The van der Waals surface area contributed by atoms with Crippen molar-refractivity contribution in [1.82, 2.24) is 10.2 Å². The van der Waals surface area contributed by atoms with Gasteiger partial charge in [0.15, 0.2) is 0 Å². The number of carbonyl (C=O) groups excluding carboxylic acids is 1. The Morgan fingerprint density at radius 3 is 2.50 bits per heavy atom. The van der Waals surface area contributed by atoms with Gasteiger partial charge in [-0.15, -0.1) is 0 Å². The zero-order valence-electron chi connectivity index (χ0n) is 11.7. The van der Waals surface area contributed by atoms with Crippen LogP contribution in [-0.4, -0.2) is 46.5 Å². The molecule has 2 aliphatic heterocycles. The minimum absolute atomic E-state index is 0.183. The summed E-state index contributed by atoms with van der Waals surface area (Å²) >= 11 is 0. The van der Waals surface area contributed by atoms with Gasteiger partial charge in [-0.05, 0) is 37.1 Å². The molecule has 0 aliphatic carbocycles. The number of amides is 2. The number of benzene rings is 1. The van der Waals surface area contributed by atoms with E-state index >= 15 is 0 Å². The van der Waals surface area contributed by atoms with Crippen LogP contribution in [0.15, 0.2) is 29.3 Å². The predicted octanol–water partition coefficient (Wildman–Crippen LogP) is 0.947. The molecule has 22 heavy (non-hydrogen) atoms. The van der Waals surface area contributed by atoms with Gasteiger partial charge in [0.25, 0.3) is 5.91 Å². The van der Waals surface area contributed by atoms with E-state index in [4.69, 9.17) is 10.4 Å². The van der Waals surface area contributed by atoms with E-state index in [1.54, 1.807) is 24.3 Å². The fraction of sp³-hybridized carbons (Fsp3) is 0.333. The Morgan fingerprint density at radius 2 is 1.95 bits per heavy atom. The molecule has 0 saturated carbocycles. The van der Waals surface area contributed by atoms with Gasteiger partial charge in [-0.3, -0.25) is 9.79 Å². The van der Waals surface area contributed by atoms with Crippen LogP contribution in [0.3, 0.4) is 0 Å². The highest BCUT2D eigenvalue weighted by atomic mass is 16.4. The number of amidine groups is 1. The summed E-state index contributed by atoms with van der Waals surface area (Å²) in [5.41, 5.74) is 0.415. The molecule has 1 saturated heterocycles. The van der Waals surface area contributed by atoms with Crippen molar-refractivity contribution in [1.29, 1.82) is 5.26 Å². The van der Waals surface area contributed by atoms with Crippen LogP contribution < -0.4 is 5.32 Å². The maximum atomic E-state index is 12.3. The third-order valence-corrected chi connectivity index (χ3v) is 4.13. The summed E-state index contributed by atoms with van der Waals surface area (Å²) in [4.78, 5) is 29.1. The molecule has 1 aromatic rings. The van der Waals surface area contributed by atoms with Gasteiger partial charge in [-0.1, -0.05) is 0 Å². The molecule has 2 N–H and O–H groups in total. The maximum absolute atomic E-state index is 12.3. The van der Waals surface area contributed by atoms with Crippen molar-refractivity contribution in [3.8, 4) is 6.07 Å². The van der Waals surface area contributed by atoms with Crippen LogP contribution in [0.25, 0.3) is 0 Å². The van der Waals surface area contributed by atoms with Crippen LogP contribution in [0.4, 0.5) is 4.79 Å². The normalized spacial score (nSPS) is 19.5. The molecule has 2 amide bonds. The summed E-state index contributed by atoms with van der Waals surface area (Å²) in [6, 6.07) is 8.85. The first kappa shape index (κ1) is 14.1. The number of likely N-dealkylation sites (tertiary alicyclic amines) is 1. The van der Waals surface area contributed by atoms with Gasteiger partial charge in [0.1, 0.15) is 11.4 Å². The van der Waals surface area contributed by atoms with E-state index in [2.05, 4.69) is 10.3 Å². The van der Waals surface area contributed by atoms with Gasteiger partial charge in [0, 0.05) is 18.7 Å². The van der Waals surface area contributed by atoms with E-state index in [0.29, 0.717) is 37.3 Å². The fourth-order valence-electron chi connectivity index (χ4n) is 2.76. The summed E-state index contributed by atoms with van der Waals surface area (Å²) in [6.07, 6.45) is -0.208. The molecule has 0 atom stereocenters. The lowest BCUT2D eigenvalue weighted by Gasteiger charge is -2.33. The fourth-order valence-corrected chi connectivity index (χ4v) is 2.76. The van der Waals surface area contributed by atoms with Gasteiger partial charge >= 0.3 is 6.09 Å². The van der Waals surface area contributed by atoms with Crippen molar-refractivity contribution < 1.29 is 14.7 Å². The van der Waals surface area contributed by atoms with Crippen molar-refractivity contribution in [2.24, 2.45) is 4.99 Å².